The maximum atomic E-state index is 10.3. The molecule has 0 aliphatic carbocycles. The van der Waals surface area contributed by atoms with Crippen LogP contribution in [0.4, 0.5) is 0 Å². The first-order chi connectivity index (χ1) is 9.54. The zero-order valence-electron chi connectivity index (χ0n) is 13.5. The van der Waals surface area contributed by atoms with Crippen molar-refractivity contribution in [2.75, 3.05) is 13.2 Å². The van der Waals surface area contributed by atoms with Crippen molar-refractivity contribution in [2.24, 2.45) is 0 Å². The van der Waals surface area contributed by atoms with E-state index < -0.39 is 0 Å². The highest BCUT2D eigenvalue weighted by Gasteiger charge is 2.19. The molecule has 0 aliphatic heterocycles. The Hall–Kier alpha value is -1.38. The summed E-state index contributed by atoms with van der Waals surface area (Å²) in [5.41, 5.74) is 2.80. The minimum Gasteiger partial charge on any atom is -0.504 e. The average molecular weight is 280 g/mol. The smallest absolute Gasteiger partial charge is 0.164 e. The molecule has 3 heteroatoms. The van der Waals surface area contributed by atoms with Crippen molar-refractivity contribution in [3.05, 3.63) is 16.7 Å². The average Bonchev–Trinajstić information content (AvgIpc) is 2.44. The number of rotatable bonds is 8. The summed E-state index contributed by atoms with van der Waals surface area (Å²) < 4.78 is 11.6. The van der Waals surface area contributed by atoms with Gasteiger partial charge in [0, 0.05) is 11.1 Å². The van der Waals surface area contributed by atoms with E-state index in [2.05, 4.69) is 13.8 Å². The molecule has 0 saturated heterocycles. The molecule has 0 heterocycles. The van der Waals surface area contributed by atoms with Gasteiger partial charge in [0.1, 0.15) is 5.75 Å². The predicted octanol–water partition coefficient (Wildman–Crippen LogP) is 4.68. The van der Waals surface area contributed by atoms with E-state index in [0.29, 0.717) is 19.0 Å². The number of benzene rings is 1. The summed E-state index contributed by atoms with van der Waals surface area (Å²) in [6, 6.07) is 0. The Balaban J connectivity index is 3.00. The maximum Gasteiger partial charge on any atom is 0.164 e. The summed E-state index contributed by atoms with van der Waals surface area (Å²) in [6.45, 7) is 11.5. The monoisotopic (exact) mass is 280 g/mol. The van der Waals surface area contributed by atoms with Crippen LogP contribution in [-0.4, -0.2) is 18.3 Å². The second-order valence-electron chi connectivity index (χ2n) is 5.29. The fraction of sp³-hybridized carbons (Fsp3) is 0.647. The molecule has 0 fully saturated rings. The number of phenols is 1. The van der Waals surface area contributed by atoms with E-state index in [0.717, 1.165) is 48.1 Å². The number of aromatic hydroxyl groups is 1. The van der Waals surface area contributed by atoms with Crippen molar-refractivity contribution in [3.8, 4) is 17.2 Å². The number of ether oxygens (including phenoxy) is 2. The zero-order valence-corrected chi connectivity index (χ0v) is 13.5. The van der Waals surface area contributed by atoms with Gasteiger partial charge in [0.2, 0.25) is 0 Å². The molecule has 0 aliphatic rings. The Morgan fingerprint density at radius 1 is 0.750 bits per heavy atom. The summed E-state index contributed by atoms with van der Waals surface area (Å²) in [5.74, 6) is 1.63. The van der Waals surface area contributed by atoms with Crippen molar-refractivity contribution >= 4 is 0 Å². The number of hydrogen-bond acceptors (Lipinski definition) is 3. The first-order valence-electron chi connectivity index (χ1n) is 7.62. The second kappa shape index (κ2) is 8.03. The molecule has 3 nitrogen and oxygen atoms in total. The van der Waals surface area contributed by atoms with Gasteiger partial charge in [0.15, 0.2) is 11.5 Å². The van der Waals surface area contributed by atoms with E-state index in [4.69, 9.17) is 9.47 Å². The molecule has 0 aromatic heterocycles. The van der Waals surface area contributed by atoms with Crippen LogP contribution in [0.1, 0.15) is 56.2 Å². The van der Waals surface area contributed by atoms with Crippen LogP contribution in [0.3, 0.4) is 0 Å². The fourth-order valence-corrected chi connectivity index (χ4v) is 2.11. The van der Waals surface area contributed by atoms with Crippen molar-refractivity contribution in [1.29, 1.82) is 0 Å². The van der Waals surface area contributed by atoms with Crippen LogP contribution in [0.5, 0.6) is 17.2 Å². The van der Waals surface area contributed by atoms with Crippen LogP contribution in [0.15, 0.2) is 0 Å². The van der Waals surface area contributed by atoms with Gasteiger partial charge in [0.05, 0.1) is 13.2 Å². The van der Waals surface area contributed by atoms with E-state index in [1.807, 2.05) is 20.8 Å². The molecule has 0 atom stereocenters. The van der Waals surface area contributed by atoms with Crippen LogP contribution in [-0.2, 0) is 0 Å². The van der Waals surface area contributed by atoms with E-state index in [9.17, 15) is 5.11 Å². The van der Waals surface area contributed by atoms with Gasteiger partial charge in [-0.1, -0.05) is 26.7 Å². The minimum absolute atomic E-state index is 0.218. The fourth-order valence-electron chi connectivity index (χ4n) is 2.11. The molecule has 1 rings (SSSR count). The molecule has 114 valence electrons. The van der Waals surface area contributed by atoms with Gasteiger partial charge in [0.25, 0.3) is 0 Å². The Bertz CT molecular complexity index is 368. The number of phenolic OH excluding ortho intramolecular Hbond substituents is 1. The van der Waals surface area contributed by atoms with E-state index in [1.165, 1.54) is 0 Å². The van der Waals surface area contributed by atoms with Gasteiger partial charge in [-0.2, -0.15) is 0 Å². The molecule has 1 aromatic carbocycles. The van der Waals surface area contributed by atoms with E-state index >= 15 is 0 Å². The molecular weight excluding hydrogens is 252 g/mol. The molecule has 0 unspecified atom stereocenters. The molecule has 0 amide bonds. The lowest BCUT2D eigenvalue weighted by atomic mass is 10.0. The molecule has 1 N–H and O–H groups in total. The SMILES string of the molecule is CCCCOc1c(C)c(C)c(OCCCC)c(O)c1C. The first kappa shape index (κ1) is 16.7. The predicted molar refractivity (Wildman–Crippen MR) is 83.1 cm³/mol. The molecule has 0 bridgehead atoms. The highest BCUT2D eigenvalue weighted by atomic mass is 16.5. The van der Waals surface area contributed by atoms with Crippen LogP contribution < -0.4 is 9.47 Å². The molecular formula is C17H28O3. The Morgan fingerprint density at radius 2 is 1.20 bits per heavy atom. The Morgan fingerprint density at radius 3 is 1.70 bits per heavy atom. The lowest BCUT2D eigenvalue weighted by Crippen LogP contribution is -2.05. The van der Waals surface area contributed by atoms with Crippen molar-refractivity contribution in [2.45, 2.75) is 60.3 Å². The van der Waals surface area contributed by atoms with Crippen LogP contribution in [0.25, 0.3) is 0 Å². The Kier molecular flexibility index (Phi) is 6.69. The topological polar surface area (TPSA) is 38.7 Å². The van der Waals surface area contributed by atoms with Gasteiger partial charge < -0.3 is 14.6 Å². The standard InChI is InChI=1S/C17H28O3/c1-6-8-10-19-16-12(3)13(4)17(15(18)14(16)5)20-11-9-7-2/h18H,6-11H2,1-5H3. The number of unbranched alkanes of at least 4 members (excludes halogenated alkanes) is 2. The highest BCUT2D eigenvalue weighted by molar-refractivity contribution is 5.61. The van der Waals surface area contributed by atoms with Gasteiger partial charge >= 0.3 is 0 Å². The zero-order chi connectivity index (χ0) is 15.1. The lowest BCUT2D eigenvalue weighted by Gasteiger charge is -2.19. The first-order valence-corrected chi connectivity index (χ1v) is 7.62. The lowest BCUT2D eigenvalue weighted by molar-refractivity contribution is 0.281. The summed E-state index contributed by atoms with van der Waals surface area (Å²) in [4.78, 5) is 0. The second-order valence-corrected chi connectivity index (χ2v) is 5.29. The van der Waals surface area contributed by atoms with E-state index in [1.54, 1.807) is 0 Å². The normalized spacial score (nSPS) is 10.7. The molecule has 0 radical (unpaired) electrons. The third-order valence-corrected chi connectivity index (χ3v) is 3.64. The third-order valence-electron chi connectivity index (χ3n) is 3.64. The van der Waals surface area contributed by atoms with Crippen molar-refractivity contribution in [3.63, 3.8) is 0 Å². The summed E-state index contributed by atoms with van der Waals surface area (Å²) in [6.07, 6.45) is 4.19. The summed E-state index contributed by atoms with van der Waals surface area (Å²) >= 11 is 0. The van der Waals surface area contributed by atoms with Gasteiger partial charge in [-0.15, -0.1) is 0 Å². The highest BCUT2D eigenvalue weighted by Crippen LogP contribution is 2.42. The largest absolute Gasteiger partial charge is 0.504 e. The minimum atomic E-state index is 0.218. The molecule has 1 aromatic rings. The van der Waals surface area contributed by atoms with Crippen molar-refractivity contribution < 1.29 is 14.6 Å². The van der Waals surface area contributed by atoms with Crippen molar-refractivity contribution in [1.82, 2.24) is 0 Å². The van der Waals surface area contributed by atoms with Gasteiger partial charge in [-0.05, 0) is 39.2 Å². The number of hydrogen-bond donors (Lipinski definition) is 1. The summed E-state index contributed by atoms with van der Waals surface area (Å²) in [7, 11) is 0. The quantitative estimate of drug-likeness (QED) is 0.703. The van der Waals surface area contributed by atoms with Gasteiger partial charge in [-0.25, -0.2) is 0 Å². The van der Waals surface area contributed by atoms with Crippen LogP contribution >= 0.6 is 0 Å². The molecule has 0 saturated carbocycles. The van der Waals surface area contributed by atoms with Gasteiger partial charge in [-0.3, -0.25) is 0 Å². The Labute approximate surface area is 122 Å². The third kappa shape index (κ3) is 3.81. The molecule has 20 heavy (non-hydrogen) atoms. The van der Waals surface area contributed by atoms with Crippen LogP contribution in [0.2, 0.25) is 0 Å². The maximum absolute atomic E-state index is 10.3. The molecule has 0 spiro atoms. The van der Waals surface area contributed by atoms with Crippen LogP contribution in [0, 0.1) is 20.8 Å². The van der Waals surface area contributed by atoms with E-state index in [-0.39, 0.29) is 5.75 Å². The summed E-state index contributed by atoms with van der Waals surface area (Å²) in [5, 5.41) is 10.3.